The minimum Gasteiger partial charge on any atom is -0.493 e. The molecule has 0 saturated carbocycles. The van der Waals surface area contributed by atoms with Gasteiger partial charge in [-0.15, -0.1) is 0 Å². The van der Waals surface area contributed by atoms with Crippen molar-refractivity contribution < 1.29 is 19.1 Å². The van der Waals surface area contributed by atoms with E-state index < -0.39 is 11.8 Å². The van der Waals surface area contributed by atoms with Crippen LogP contribution in [0.25, 0.3) is 0 Å². The van der Waals surface area contributed by atoms with Gasteiger partial charge < -0.3 is 9.47 Å². The van der Waals surface area contributed by atoms with Crippen molar-refractivity contribution in [3.05, 3.63) is 27.8 Å². The number of ketones is 1. The lowest BCUT2D eigenvalue weighted by Gasteiger charge is -2.15. The Bertz CT molecular complexity index is 509. The van der Waals surface area contributed by atoms with E-state index in [-0.39, 0.29) is 12.2 Å². The highest BCUT2D eigenvalue weighted by molar-refractivity contribution is 6.42. The summed E-state index contributed by atoms with van der Waals surface area (Å²) in [5.74, 6) is -1.23. The predicted octanol–water partition coefficient (Wildman–Crippen LogP) is 3.10. The monoisotopic (exact) mass is 284 g/mol. The first kappa shape index (κ1) is 15.5. The fourth-order valence-electron chi connectivity index (χ4n) is 1.75. The van der Waals surface area contributed by atoms with Crippen molar-refractivity contribution in [1.82, 2.24) is 0 Å². The average molecular weight is 285 g/mol. The van der Waals surface area contributed by atoms with Crippen LogP contribution >= 0.6 is 11.6 Å². The van der Waals surface area contributed by atoms with E-state index in [4.69, 9.17) is 21.1 Å². The van der Waals surface area contributed by atoms with Crippen molar-refractivity contribution in [1.29, 1.82) is 0 Å². The van der Waals surface area contributed by atoms with Crippen LogP contribution in [0.5, 0.6) is 5.75 Å². The van der Waals surface area contributed by atoms with Crippen LogP contribution in [0.2, 0.25) is 5.02 Å². The van der Waals surface area contributed by atoms with Crippen LogP contribution < -0.4 is 4.74 Å². The number of rotatable bonds is 5. The van der Waals surface area contributed by atoms with Gasteiger partial charge in [-0.25, -0.2) is 4.79 Å². The van der Waals surface area contributed by atoms with E-state index in [1.807, 2.05) is 6.92 Å². The number of benzene rings is 1. The number of hydrogen-bond donors (Lipinski definition) is 0. The van der Waals surface area contributed by atoms with E-state index in [0.717, 1.165) is 0 Å². The maximum Gasteiger partial charge on any atom is 0.379 e. The number of ether oxygens (including phenoxy) is 2. The summed E-state index contributed by atoms with van der Waals surface area (Å²) in [4.78, 5) is 23.7. The van der Waals surface area contributed by atoms with Crippen molar-refractivity contribution in [3.8, 4) is 5.75 Å². The molecule has 1 aromatic rings. The molecular weight excluding hydrogens is 268 g/mol. The Kier molecular flexibility index (Phi) is 5.36. The van der Waals surface area contributed by atoms with Crippen molar-refractivity contribution in [3.63, 3.8) is 0 Å². The maximum absolute atomic E-state index is 12.1. The Hall–Kier alpha value is -1.55. The minimum absolute atomic E-state index is 0.146. The molecule has 0 aliphatic rings. The van der Waals surface area contributed by atoms with Crippen LogP contribution in [-0.2, 0) is 9.53 Å². The molecule has 0 amide bonds. The summed E-state index contributed by atoms with van der Waals surface area (Å²) in [6.07, 6.45) is 0. The van der Waals surface area contributed by atoms with Gasteiger partial charge in [-0.3, -0.25) is 4.79 Å². The van der Waals surface area contributed by atoms with E-state index in [2.05, 4.69) is 0 Å². The Morgan fingerprint density at radius 2 is 1.84 bits per heavy atom. The van der Waals surface area contributed by atoms with Gasteiger partial charge in [0.05, 0.1) is 18.8 Å². The summed E-state index contributed by atoms with van der Waals surface area (Å²) >= 11 is 6.06. The predicted molar refractivity (Wildman–Crippen MR) is 73.1 cm³/mol. The molecule has 19 heavy (non-hydrogen) atoms. The van der Waals surface area contributed by atoms with Gasteiger partial charge in [-0.05, 0) is 44.9 Å². The van der Waals surface area contributed by atoms with Crippen LogP contribution in [0.4, 0.5) is 0 Å². The van der Waals surface area contributed by atoms with Gasteiger partial charge in [0, 0.05) is 5.02 Å². The van der Waals surface area contributed by atoms with E-state index in [0.29, 0.717) is 28.5 Å². The van der Waals surface area contributed by atoms with E-state index in [1.165, 1.54) is 0 Å². The summed E-state index contributed by atoms with van der Waals surface area (Å²) in [6, 6.07) is 1.71. The highest BCUT2D eigenvalue weighted by Gasteiger charge is 2.26. The van der Waals surface area contributed by atoms with Crippen molar-refractivity contribution in [2.24, 2.45) is 0 Å². The molecule has 0 bridgehead atoms. The molecule has 0 aromatic heterocycles. The van der Waals surface area contributed by atoms with Crippen molar-refractivity contribution >= 4 is 23.4 Å². The molecule has 1 aromatic carbocycles. The molecule has 5 heteroatoms. The highest BCUT2D eigenvalue weighted by atomic mass is 35.5. The standard InChI is InChI=1S/C14H17ClO4/c1-5-18-13-8(3)7-10(15)9(4)11(13)12(16)14(17)19-6-2/h7H,5-6H2,1-4H3. The number of esters is 1. The molecule has 0 aliphatic heterocycles. The second kappa shape index (κ2) is 6.57. The first-order valence-electron chi connectivity index (χ1n) is 6.07. The van der Waals surface area contributed by atoms with Gasteiger partial charge in [0.1, 0.15) is 5.75 Å². The molecule has 0 heterocycles. The highest BCUT2D eigenvalue weighted by Crippen LogP contribution is 2.32. The van der Waals surface area contributed by atoms with Gasteiger partial charge >= 0.3 is 5.97 Å². The fraction of sp³-hybridized carbons (Fsp3) is 0.429. The third-order valence-corrected chi connectivity index (χ3v) is 3.03. The summed E-state index contributed by atoms with van der Waals surface area (Å²) in [5.41, 5.74) is 1.42. The third kappa shape index (κ3) is 3.26. The van der Waals surface area contributed by atoms with Crippen LogP contribution in [-0.4, -0.2) is 25.0 Å². The van der Waals surface area contributed by atoms with Crippen LogP contribution in [0.3, 0.4) is 0 Å². The van der Waals surface area contributed by atoms with Crippen LogP contribution in [0.1, 0.15) is 35.3 Å². The smallest absolute Gasteiger partial charge is 0.379 e. The quantitative estimate of drug-likeness (QED) is 0.474. The van der Waals surface area contributed by atoms with Gasteiger partial charge in [0.2, 0.25) is 0 Å². The molecule has 0 N–H and O–H groups in total. The molecule has 104 valence electrons. The zero-order valence-corrected chi connectivity index (χ0v) is 12.3. The number of carbonyl (C=O) groups is 2. The fourth-order valence-corrected chi connectivity index (χ4v) is 2.01. The van der Waals surface area contributed by atoms with Crippen LogP contribution in [0, 0.1) is 13.8 Å². The molecule has 0 saturated heterocycles. The zero-order chi connectivity index (χ0) is 14.6. The van der Waals surface area contributed by atoms with E-state index in [9.17, 15) is 9.59 Å². The molecule has 0 atom stereocenters. The minimum atomic E-state index is -0.895. The Balaban J connectivity index is 3.38. The number of carbonyl (C=O) groups excluding carboxylic acids is 2. The second-order valence-corrected chi connectivity index (χ2v) is 4.39. The topological polar surface area (TPSA) is 52.6 Å². The summed E-state index contributed by atoms with van der Waals surface area (Å²) in [5, 5.41) is 0.425. The van der Waals surface area contributed by atoms with Gasteiger partial charge in [-0.2, -0.15) is 0 Å². The third-order valence-electron chi connectivity index (χ3n) is 2.64. The molecule has 1 rings (SSSR count). The molecular formula is C14H17ClO4. The number of Topliss-reactive ketones (excluding diaryl/α,β-unsaturated/α-hetero) is 1. The second-order valence-electron chi connectivity index (χ2n) is 3.99. The lowest BCUT2D eigenvalue weighted by atomic mass is 10.00. The first-order chi connectivity index (χ1) is 8.93. The van der Waals surface area contributed by atoms with Crippen LogP contribution in [0.15, 0.2) is 6.07 Å². The molecule has 0 aliphatic carbocycles. The Morgan fingerprint density at radius 3 is 2.37 bits per heavy atom. The molecule has 0 spiro atoms. The van der Waals surface area contributed by atoms with Crippen molar-refractivity contribution in [2.75, 3.05) is 13.2 Å². The number of aryl methyl sites for hydroxylation is 1. The SMILES string of the molecule is CCOC(=O)C(=O)c1c(C)c(Cl)cc(C)c1OCC. The molecule has 0 fully saturated rings. The number of hydrogen-bond acceptors (Lipinski definition) is 4. The first-order valence-corrected chi connectivity index (χ1v) is 6.45. The van der Waals surface area contributed by atoms with Crippen molar-refractivity contribution in [2.45, 2.75) is 27.7 Å². The normalized spacial score (nSPS) is 10.2. The zero-order valence-electron chi connectivity index (χ0n) is 11.5. The average Bonchev–Trinajstić information content (AvgIpc) is 2.36. The van der Waals surface area contributed by atoms with Gasteiger partial charge in [-0.1, -0.05) is 11.6 Å². The lowest BCUT2D eigenvalue weighted by molar-refractivity contribution is -0.137. The lowest BCUT2D eigenvalue weighted by Crippen LogP contribution is -2.20. The summed E-state index contributed by atoms with van der Waals surface area (Å²) in [6.45, 7) is 7.44. The van der Waals surface area contributed by atoms with E-state index in [1.54, 1.807) is 26.8 Å². The largest absolute Gasteiger partial charge is 0.493 e. The molecule has 0 radical (unpaired) electrons. The Morgan fingerprint density at radius 1 is 1.21 bits per heavy atom. The Labute approximate surface area is 117 Å². The summed E-state index contributed by atoms with van der Waals surface area (Å²) < 4.78 is 10.2. The van der Waals surface area contributed by atoms with E-state index >= 15 is 0 Å². The molecule has 0 unspecified atom stereocenters. The maximum atomic E-state index is 12.1. The summed E-state index contributed by atoms with van der Waals surface area (Å²) in [7, 11) is 0. The van der Waals surface area contributed by atoms with Gasteiger partial charge in [0.25, 0.3) is 5.78 Å². The van der Waals surface area contributed by atoms with Gasteiger partial charge in [0.15, 0.2) is 0 Å². The number of halogens is 1. The molecule has 4 nitrogen and oxygen atoms in total.